The maximum absolute atomic E-state index is 13.0. The van der Waals surface area contributed by atoms with Crippen LogP contribution in [0.25, 0.3) is 11.3 Å². The minimum absolute atomic E-state index is 0.0785. The minimum Gasteiger partial charge on any atom is -0.348 e. The molecule has 1 fully saturated rings. The number of hydrogen-bond donors (Lipinski definition) is 1. The molecule has 3 rings (SSSR count). The first kappa shape index (κ1) is 21.6. The topological polar surface area (TPSA) is 49.0 Å². The monoisotopic (exact) mass is 395 g/mol. The van der Waals surface area contributed by atoms with Crippen LogP contribution in [0.5, 0.6) is 0 Å². The smallest absolute Gasteiger partial charge is 0.254 e. The van der Waals surface area contributed by atoms with E-state index in [1.54, 1.807) is 0 Å². The fourth-order valence-corrected chi connectivity index (χ4v) is 5.02. The summed E-state index contributed by atoms with van der Waals surface area (Å²) in [4.78, 5) is 23.4. The number of carbonyl (C=O) groups excluding carboxylic acids is 1. The zero-order chi connectivity index (χ0) is 21.0. The Morgan fingerprint density at radius 3 is 2.41 bits per heavy atom. The summed E-state index contributed by atoms with van der Waals surface area (Å²) in [5, 5.41) is 0. The third-order valence-electron chi connectivity index (χ3n) is 6.43. The van der Waals surface area contributed by atoms with Gasteiger partial charge in [0.15, 0.2) is 0 Å². The maximum atomic E-state index is 13.0. The van der Waals surface area contributed by atoms with E-state index in [0.29, 0.717) is 24.9 Å². The first-order valence-corrected chi connectivity index (χ1v) is 11.3. The number of amides is 1. The van der Waals surface area contributed by atoms with Gasteiger partial charge in [0.1, 0.15) is 5.82 Å². The molecule has 158 valence electrons. The number of aromatic nitrogens is 2. The molecule has 1 aromatic heterocycles. The van der Waals surface area contributed by atoms with Crippen molar-refractivity contribution in [2.24, 2.45) is 11.3 Å². The molecule has 1 aliphatic carbocycles. The number of nitrogens with one attached hydrogen (secondary N) is 1. The van der Waals surface area contributed by atoms with Crippen molar-refractivity contribution in [2.75, 3.05) is 13.1 Å². The lowest BCUT2D eigenvalue weighted by Crippen LogP contribution is -2.30. The van der Waals surface area contributed by atoms with E-state index in [1.807, 2.05) is 49.2 Å². The van der Waals surface area contributed by atoms with Gasteiger partial charge in [0, 0.05) is 36.3 Å². The highest BCUT2D eigenvalue weighted by molar-refractivity contribution is 6.00. The van der Waals surface area contributed by atoms with Crippen LogP contribution in [-0.4, -0.2) is 33.9 Å². The Balaban J connectivity index is 1.96. The number of benzene rings is 1. The highest BCUT2D eigenvalue weighted by Gasteiger charge is 2.36. The van der Waals surface area contributed by atoms with Gasteiger partial charge < -0.3 is 9.88 Å². The molecule has 0 radical (unpaired) electrons. The number of nitrogens with zero attached hydrogens (tertiary/aromatic N) is 2. The van der Waals surface area contributed by atoms with Gasteiger partial charge >= 0.3 is 0 Å². The van der Waals surface area contributed by atoms with E-state index < -0.39 is 0 Å². The summed E-state index contributed by atoms with van der Waals surface area (Å²) in [6.07, 6.45) is 8.57. The number of aromatic amines is 1. The highest BCUT2D eigenvalue weighted by Crippen LogP contribution is 2.45. The van der Waals surface area contributed by atoms with Crippen LogP contribution in [0.15, 0.2) is 30.5 Å². The van der Waals surface area contributed by atoms with Crippen molar-refractivity contribution in [1.29, 1.82) is 0 Å². The average Bonchev–Trinajstić information content (AvgIpc) is 3.18. The normalized spacial score (nSPS) is 16.6. The summed E-state index contributed by atoms with van der Waals surface area (Å²) in [7, 11) is 0. The summed E-state index contributed by atoms with van der Waals surface area (Å²) >= 11 is 0. The molecule has 1 N–H and O–H groups in total. The molecular weight excluding hydrogens is 358 g/mol. The van der Waals surface area contributed by atoms with Crippen LogP contribution < -0.4 is 0 Å². The van der Waals surface area contributed by atoms with E-state index >= 15 is 0 Å². The molecule has 4 nitrogen and oxygen atoms in total. The lowest BCUT2D eigenvalue weighted by molar-refractivity contribution is 0.0773. The van der Waals surface area contributed by atoms with Crippen molar-refractivity contribution in [3.8, 4) is 11.3 Å². The molecule has 1 atom stereocenters. The third kappa shape index (κ3) is 4.73. The molecule has 1 heterocycles. The second kappa shape index (κ2) is 9.15. The van der Waals surface area contributed by atoms with Gasteiger partial charge in [-0.05, 0) is 44.1 Å². The van der Waals surface area contributed by atoms with Crippen molar-refractivity contribution < 1.29 is 4.79 Å². The van der Waals surface area contributed by atoms with Crippen LogP contribution in [0.4, 0.5) is 0 Å². The average molecular weight is 396 g/mol. The van der Waals surface area contributed by atoms with Gasteiger partial charge in [0.2, 0.25) is 0 Å². The van der Waals surface area contributed by atoms with Crippen LogP contribution >= 0.6 is 0 Å². The first-order valence-electron chi connectivity index (χ1n) is 11.3. The Labute approximate surface area is 176 Å². The van der Waals surface area contributed by atoms with Crippen molar-refractivity contribution in [3.63, 3.8) is 0 Å². The Morgan fingerprint density at radius 1 is 1.14 bits per heavy atom. The van der Waals surface area contributed by atoms with Gasteiger partial charge in [-0.15, -0.1) is 0 Å². The van der Waals surface area contributed by atoms with E-state index in [0.717, 1.165) is 22.6 Å². The van der Waals surface area contributed by atoms with Crippen molar-refractivity contribution >= 4 is 5.91 Å². The van der Waals surface area contributed by atoms with Gasteiger partial charge in [-0.1, -0.05) is 58.2 Å². The number of carbonyl (C=O) groups is 1. The molecule has 1 aromatic carbocycles. The van der Waals surface area contributed by atoms with E-state index in [4.69, 9.17) is 4.98 Å². The van der Waals surface area contributed by atoms with Crippen molar-refractivity contribution in [3.05, 3.63) is 41.9 Å². The molecule has 4 heteroatoms. The standard InChI is InChI=1S/C25H37N3O/c1-6-28(7-2)24(29)20-16-12-11-15-19(20)21-17-26-23(27-21)22(25(3,4)5)18-13-9-8-10-14-18/h11-12,15-18,22H,6-10,13-14H2,1-5H3,(H,26,27). The zero-order valence-corrected chi connectivity index (χ0v) is 18.8. The van der Waals surface area contributed by atoms with E-state index in [2.05, 4.69) is 25.8 Å². The molecule has 29 heavy (non-hydrogen) atoms. The van der Waals surface area contributed by atoms with Crippen molar-refractivity contribution in [2.45, 2.75) is 72.6 Å². The fraction of sp³-hybridized carbons (Fsp3) is 0.600. The Bertz CT molecular complexity index is 807. The van der Waals surface area contributed by atoms with E-state index in [-0.39, 0.29) is 11.3 Å². The van der Waals surface area contributed by atoms with Crippen LogP contribution in [0.3, 0.4) is 0 Å². The predicted molar refractivity (Wildman–Crippen MR) is 120 cm³/mol. The summed E-state index contributed by atoms with van der Waals surface area (Å²) in [5.41, 5.74) is 2.68. The molecular formula is C25H37N3O. The highest BCUT2D eigenvalue weighted by atomic mass is 16.2. The summed E-state index contributed by atoms with van der Waals surface area (Å²) in [6.45, 7) is 12.4. The Morgan fingerprint density at radius 2 is 1.79 bits per heavy atom. The minimum atomic E-state index is 0.0785. The Kier molecular flexibility index (Phi) is 6.81. The molecule has 0 saturated heterocycles. The van der Waals surface area contributed by atoms with Crippen LogP contribution in [0.1, 0.15) is 88.8 Å². The molecule has 0 bridgehead atoms. The SMILES string of the molecule is CCN(CC)C(=O)c1ccccc1-c1c[nH]c(C(C2CCCCC2)C(C)(C)C)n1. The Hall–Kier alpha value is -2.10. The lowest BCUT2D eigenvalue weighted by Gasteiger charge is -2.37. The van der Waals surface area contributed by atoms with Gasteiger partial charge in [-0.2, -0.15) is 0 Å². The molecule has 1 amide bonds. The quantitative estimate of drug-likeness (QED) is 0.627. The molecule has 0 aliphatic heterocycles. The molecule has 0 spiro atoms. The second-order valence-corrected chi connectivity index (χ2v) is 9.44. The maximum Gasteiger partial charge on any atom is 0.254 e. The molecule has 1 unspecified atom stereocenters. The molecule has 1 aliphatic rings. The number of H-pyrrole nitrogens is 1. The zero-order valence-electron chi connectivity index (χ0n) is 18.8. The number of hydrogen-bond acceptors (Lipinski definition) is 2. The second-order valence-electron chi connectivity index (χ2n) is 9.44. The van der Waals surface area contributed by atoms with Crippen molar-refractivity contribution in [1.82, 2.24) is 14.9 Å². The van der Waals surface area contributed by atoms with Crippen LogP contribution in [-0.2, 0) is 0 Å². The first-order chi connectivity index (χ1) is 13.9. The van der Waals surface area contributed by atoms with Crippen LogP contribution in [0, 0.1) is 11.3 Å². The fourth-order valence-electron chi connectivity index (χ4n) is 5.02. The largest absolute Gasteiger partial charge is 0.348 e. The van der Waals surface area contributed by atoms with E-state index in [9.17, 15) is 4.79 Å². The van der Waals surface area contributed by atoms with Gasteiger partial charge in [0.05, 0.1) is 5.69 Å². The van der Waals surface area contributed by atoms with Gasteiger partial charge in [-0.25, -0.2) is 4.98 Å². The summed E-state index contributed by atoms with van der Waals surface area (Å²) < 4.78 is 0. The van der Waals surface area contributed by atoms with E-state index in [1.165, 1.54) is 32.1 Å². The molecule has 2 aromatic rings. The van der Waals surface area contributed by atoms with Gasteiger partial charge in [0.25, 0.3) is 5.91 Å². The van der Waals surface area contributed by atoms with Crippen LogP contribution in [0.2, 0.25) is 0 Å². The number of rotatable bonds is 6. The third-order valence-corrected chi connectivity index (χ3v) is 6.43. The van der Waals surface area contributed by atoms with Gasteiger partial charge in [-0.3, -0.25) is 4.79 Å². The summed E-state index contributed by atoms with van der Waals surface area (Å²) in [5.74, 6) is 2.23. The lowest BCUT2D eigenvalue weighted by atomic mass is 9.68. The number of imidazole rings is 1. The molecule has 1 saturated carbocycles. The predicted octanol–water partition coefficient (Wildman–Crippen LogP) is 6.27. The summed E-state index contributed by atoms with van der Waals surface area (Å²) in [6, 6.07) is 7.87.